The second-order valence-corrected chi connectivity index (χ2v) is 8.71. The number of likely N-dealkylation sites (N-methyl/N-ethyl adjacent to an activating group) is 2. The van der Waals surface area contributed by atoms with Gasteiger partial charge >= 0.3 is 0 Å². The van der Waals surface area contributed by atoms with Crippen LogP contribution >= 0.6 is 0 Å². The molecule has 0 fully saturated rings. The molecular formula is C25H45N7O2. The lowest BCUT2D eigenvalue weighted by atomic mass is 10.0. The number of nitrogens with one attached hydrogen (secondary N) is 3. The van der Waals surface area contributed by atoms with Crippen LogP contribution in [0.15, 0.2) is 39.2 Å². The molecule has 0 aromatic carbocycles. The van der Waals surface area contributed by atoms with E-state index in [1.165, 1.54) is 0 Å². The van der Waals surface area contributed by atoms with Crippen molar-refractivity contribution >= 4 is 12.5 Å². The van der Waals surface area contributed by atoms with Crippen molar-refractivity contribution in [3.05, 3.63) is 34.2 Å². The molecule has 192 valence electrons. The highest BCUT2D eigenvalue weighted by molar-refractivity contribution is 5.84. The average molecular weight is 476 g/mol. The molecule has 9 heteroatoms. The molecule has 0 saturated carbocycles. The molecule has 0 aliphatic rings. The van der Waals surface area contributed by atoms with E-state index >= 15 is 0 Å². The number of aliphatic hydroxyl groups excluding tert-OH is 1. The third kappa shape index (κ3) is 15.3. The maximum atomic E-state index is 11.2. The first-order chi connectivity index (χ1) is 16.3. The van der Waals surface area contributed by atoms with Gasteiger partial charge in [0.15, 0.2) is 6.29 Å². The van der Waals surface area contributed by atoms with Gasteiger partial charge in [-0.1, -0.05) is 19.9 Å². The maximum Gasteiger partial charge on any atom is 0.165 e. The van der Waals surface area contributed by atoms with Crippen LogP contribution in [0.3, 0.4) is 0 Å². The highest BCUT2D eigenvalue weighted by Gasteiger charge is 2.06. The summed E-state index contributed by atoms with van der Waals surface area (Å²) in [6, 6.07) is 2.17. The van der Waals surface area contributed by atoms with Crippen LogP contribution in [-0.2, 0) is 4.79 Å². The summed E-state index contributed by atoms with van der Waals surface area (Å²) in [4.78, 5) is 17.7. The topological polar surface area (TPSA) is 139 Å². The third-order valence-corrected chi connectivity index (χ3v) is 5.16. The van der Waals surface area contributed by atoms with E-state index in [0.29, 0.717) is 43.8 Å². The Morgan fingerprint density at radius 2 is 2.00 bits per heavy atom. The summed E-state index contributed by atoms with van der Waals surface area (Å²) in [6.07, 6.45) is 6.22. The van der Waals surface area contributed by atoms with Gasteiger partial charge in [0, 0.05) is 38.1 Å². The Bertz CT molecular complexity index is 749. The molecule has 0 aliphatic carbocycles. The predicted octanol–water partition coefficient (Wildman–Crippen LogP) is 1.30. The fraction of sp³-hybridized carbons (Fsp3) is 0.640. The van der Waals surface area contributed by atoms with Crippen molar-refractivity contribution in [3.8, 4) is 6.07 Å². The maximum absolute atomic E-state index is 11.2. The molecule has 0 unspecified atom stereocenters. The summed E-state index contributed by atoms with van der Waals surface area (Å²) in [5.41, 5.74) is 9.05. The summed E-state index contributed by atoms with van der Waals surface area (Å²) < 4.78 is 0. The lowest BCUT2D eigenvalue weighted by Crippen LogP contribution is -2.28. The van der Waals surface area contributed by atoms with Crippen LogP contribution in [0.2, 0.25) is 0 Å². The monoisotopic (exact) mass is 475 g/mol. The van der Waals surface area contributed by atoms with Crippen molar-refractivity contribution in [3.63, 3.8) is 0 Å². The first kappa shape index (κ1) is 31.5. The Balaban J connectivity index is 4.65. The van der Waals surface area contributed by atoms with Gasteiger partial charge in [-0.05, 0) is 63.9 Å². The number of nitrogens with zero attached hydrogens (tertiary/aromatic N) is 3. The molecule has 0 aromatic heterocycles. The number of hydrogen-bond donors (Lipinski definition) is 5. The molecule has 0 aliphatic heterocycles. The average Bonchev–Trinajstić information content (AvgIpc) is 2.83. The van der Waals surface area contributed by atoms with E-state index in [2.05, 4.69) is 45.8 Å². The van der Waals surface area contributed by atoms with Crippen molar-refractivity contribution in [2.45, 2.75) is 40.0 Å². The van der Waals surface area contributed by atoms with Crippen molar-refractivity contribution in [2.75, 3.05) is 60.1 Å². The van der Waals surface area contributed by atoms with E-state index in [1.807, 2.05) is 27.1 Å². The number of nitriles is 1. The van der Waals surface area contributed by atoms with Crippen LogP contribution < -0.4 is 21.7 Å². The van der Waals surface area contributed by atoms with E-state index in [1.54, 1.807) is 6.21 Å². The lowest BCUT2D eigenvalue weighted by Gasteiger charge is -2.17. The zero-order valence-corrected chi connectivity index (χ0v) is 21.7. The van der Waals surface area contributed by atoms with Crippen LogP contribution in [-0.4, -0.2) is 82.6 Å². The van der Waals surface area contributed by atoms with Crippen LogP contribution in [0.4, 0.5) is 0 Å². The molecule has 0 radical (unpaired) electrons. The lowest BCUT2D eigenvalue weighted by molar-refractivity contribution is -0.105. The molecule has 0 heterocycles. The number of aldehydes is 1. The zero-order valence-electron chi connectivity index (χ0n) is 21.7. The van der Waals surface area contributed by atoms with Gasteiger partial charge in [-0.3, -0.25) is 15.1 Å². The fourth-order valence-corrected chi connectivity index (χ4v) is 2.93. The minimum absolute atomic E-state index is 0.0810. The third-order valence-electron chi connectivity index (χ3n) is 5.16. The number of allylic oxidation sites excluding steroid dienone is 4. The molecule has 34 heavy (non-hydrogen) atoms. The van der Waals surface area contributed by atoms with Crippen molar-refractivity contribution in [1.82, 2.24) is 20.9 Å². The number of hydrogen-bond acceptors (Lipinski definition) is 9. The highest BCUT2D eigenvalue weighted by atomic mass is 16.3. The van der Waals surface area contributed by atoms with Gasteiger partial charge in [-0.2, -0.15) is 5.26 Å². The summed E-state index contributed by atoms with van der Waals surface area (Å²) in [5.74, 6) is 0.498. The molecule has 0 amide bonds. The smallest absolute Gasteiger partial charge is 0.165 e. The Morgan fingerprint density at radius 1 is 1.26 bits per heavy atom. The standard InChI is InChI=1S/C25H45N7O2/c1-20(2)15-31-21(3)24(14-26)16-30-19-29-9-6-7-22(17-33)13-23(25(27)18-34)8-11-32(5)12-10-28-4/h13,16,18,20,28-29,31,33H,6-12,15,17,19,27H2,1-5H3/b22-13-,24-21+,25-23-,30-16-. The number of carbonyl (C=O) groups excluding carboxylic acids is 1. The molecular weight excluding hydrogens is 430 g/mol. The first-order valence-electron chi connectivity index (χ1n) is 11.9. The Kier molecular flexibility index (Phi) is 18.4. The summed E-state index contributed by atoms with van der Waals surface area (Å²) in [7, 11) is 3.94. The van der Waals surface area contributed by atoms with Crippen LogP contribution in [0.25, 0.3) is 0 Å². The number of aliphatic imine (C=N–C) groups is 1. The van der Waals surface area contributed by atoms with Gasteiger partial charge < -0.3 is 26.4 Å². The van der Waals surface area contributed by atoms with Gasteiger partial charge in [0.1, 0.15) is 6.07 Å². The molecule has 0 saturated heterocycles. The number of aliphatic hydroxyl groups is 1. The molecule has 0 rings (SSSR count). The van der Waals surface area contributed by atoms with Crippen LogP contribution in [0.1, 0.15) is 40.0 Å². The van der Waals surface area contributed by atoms with Gasteiger partial charge in [-0.15, -0.1) is 0 Å². The molecule has 0 atom stereocenters. The summed E-state index contributed by atoms with van der Waals surface area (Å²) >= 11 is 0. The number of carbonyl (C=O) groups is 1. The highest BCUT2D eigenvalue weighted by Crippen LogP contribution is 2.14. The van der Waals surface area contributed by atoms with Gasteiger partial charge in [-0.25, -0.2) is 0 Å². The van der Waals surface area contributed by atoms with Gasteiger partial charge in [0.05, 0.1) is 24.5 Å². The SMILES string of the molecule is CNCCN(C)CCC(/C=C(\CO)CCCNC/N=C\C(C#N)=C(/C)NCC(C)C)=C(/N)C=O. The molecule has 0 bridgehead atoms. The van der Waals surface area contributed by atoms with Crippen LogP contribution in [0.5, 0.6) is 0 Å². The predicted molar refractivity (Wildman–Crippen MR) is 140 cm³/mol. The zero-order chi connectivity index (χ0) is 25.8. The van der Waals surface area contributed by atoms with E-state index in [0.717, 1.165) is 49.4 Å². The summed E-state index contributed by atoms with van der Waals surface area (Å²) in [5, 5.41) is 28.6. The molecule has 0 aromatic rings. The second-order valence-electron chi connectivity index (χ2n) is 8.71. The number of rotatable bonds is 19. The van der Waals surface area contributed by atoms with Gasteiger partial charge in [0.25, 0.3) is 0 Å². The Morgan fingerprint density at radius 3 is 2.59 bits per heavy atom. The Hall–Kier alpha value is -2.51. The van der Waals surface area contributed by atoms with E-state index in [4.69, 9.17) is 5.73 Å². The van der Waals surface area contributed by atoms with Crippen molar-refractivity contribution in [1.29, 1.82) is 5.26 Å². The van der Waals surface area contributed by atoms with E-state index in [-0.39, 0.29) is 12.3 Å². The van der Waals surface area contributed by atoms with E-state index < -0.39 is 0 Å². The largest absolute Gasteiger partial charge is 0.396 e. The van der Waals surface area contributed by atoms with Crippen molar-refractivity contribution in [2.24, 2.45) is 16.6 Å². The summed E-state index contributed by atoms with van der Waals surface area (Å²) in [6.45, 7) is 10.5. The quantitative estimate of drug-likeness (QED) is 0.0470. The normalized spacial score (nSPS) is 13.8. The minimum atomic E-state index is -0.0810. The molecule has 0 spiro atoms. The van der Waals surface area contributed by atoms with Crippen LogP contribution in [0, 0.1) is 17.2 Å². The Labute approximate surface area is 205 Å². The fourth-order valence-electron chi connectivity index (χ4n) is 2.93. The number of nitrogens with two attached hydrogens (primary N) is 1. The molecule has 6 N–H and O–H groups in total. The molecule has 9 nitrogen and oxygen atoms in total. The van der Waals surface area contributed by atoms with Crippen molar-refractivity contribution < 1.29 is 9.90 Å². The minimum Gasteiger partial charge on any atom is -0.396 e. The van der Waals surface area contributed by atoms with E-state index in [9.17, 15) is 15.2 Å². The van der Waals surface area contributed by atoms with Gasteiger partial charge in [0.2, 0.25) is 0 Å². The second kappa shape index (κ2) is 19.9. The first-order valence-corrected chi connectivity index (χ1v) is 11.9.